The van der Waals surface area contributed by atoms with Gasteiger partial charge >= 0.3 is 5.97 Å². The number of aliphatic carboxylic acids is 1. The van der Waals surface area contributed by atoms with Crippen molar-refractivity contribution in [2.45, 2.75) is 33.2 Å². The monoisotopic (exact) mass is 302 g/mol. The van der Waals surface area contributed by atoms with E-state index in [-0.39, 0.29) is 30.7 Å². The summed E-state index contributed by atoms with van der Waals surface area (Å²) in [5.74, 6) is 0.194. The summed E-state index contributed by atoms with van der Waals surface area (Å²) < 4.78 is 0. The minimum Gasteiger partial charge on any atom is -0.481 e. The lowest BCUT2D eigenvalue weighted by Gasteiger charge is -2.30. The van der Waals surface area contributed by atoms with Gasteiger partial charge < -0.3 is 14.9 Å². The van der Waals surface area contributed by atoms with Crippen molar-refractivity contribution < 1.29 is 19.5 Å². The topological polar surface area (TPSA) is 77.9 Å². The van der Waals surface area contributed by atoms with Crippen LogP contribution in [0.25, 0.3) is 0 Å². The van der Waals surface area contributed by atoms with Gasteiger partial charge in [-0.3, -0.25) is 14.4 Å². The van der Waals surface area contributed by atoms with E-state index in [0.717, 1.165) is 0 Å². The number of hydrogen-bond donors (Lipinski definition) is 1. The van der Waals surface area contributed by atoms with Crippen LogP contribution in [0.15, 0.2) is 0 Å². The van der Waals surface area contributed by atoms with E-state index in [4.69, 9.17) is 5.11 Å². The Morgan fingerprint density at radius 2 is 2.05 bits per heavy atom. The van der Waals surface area contributed by atoms with E-state index in [9.17, 15) is 14.4 Å². The highest BCUT2D eigenvalue weighted by Crippen LogP contribution is 2.23. The number of thioether (sulfide) groups is 1. The minimum atomic E-state index is -0.921. The Bertz CT molecular complexity index is 387. The molecule has 0 unspecified atom stereocenters. The number of carboxylic acid groups (broad SMARTS) is 1. The standard InChI is InChI=1S/C13H22N2O4S/c1-9(2)6-14(5-4-12(17)18)13(19)11-7-20-8-15(11)10(3)16/h9,11H,4-8H2,1-3H3,(H,17,18)/t11-/m0/s1. The zero-order valence-corrected chi connectivity index (χ0v) is 13.0. The molecule has 1 rings (SSSR count). The summed E-state index contributed by atoms with van der Waals surface area (Å²) in [6, 6.07) is -0.454. The largest absolute Gasteiger partial charge is 0.481 e. The highest BCUT2D eigenvalue weighted by molar-refractivity contribution is 7.99. The number of hydrogen-bond acceptors (Lipinski definition) is 4. The number of rotatable bonds is 6. The Hall–Kier alpha value is -1.24. The molecule has 114 valence electrons. The van der Waals surface area contributed by atoms with Gasteiger partial charge in [-0.2, -0.15) is 0 Å². The van der Waals surface area contributed by atoms with Gasteiger partial charge in [-0.05, 0) is 5.92 Å². The Labute approximate surface area is 123 Å². The van der Waals surface area contributed by atoms with Crippen LogP contribution >= 0.6 is 11.8 Å². The molecule has 1 heterocycles. The maximum absolute atomic E-state index is 12.5. The van der Waals surface area contributed by atoms with Crippen molar-refractivity contribution in [1.29, 1.82) is 0 Å². The van der Waals surface area contributed by atoms with Crippen LogP contribution in [0.2, 0.25) is 0 Å². The SMILES string of the molecule is CC(=O)N1CSC[C@H]1C(=O)N(CCC(=O)O)CC(C)C. The maximum atomic E-state index is 12.5. The van der Waals surface area contributed by atoms with Crippen LogP contribution in [0.5, 0.6) is 0 Å². The molecule has 0 aromatic rings. The Balaban J connectivity index is 2.75. The second-order valence-electron chi connectivity index (χ2n) is 5.33. The van der Waals surface area contributed by atoms with E-state index >= 15 is 0 Å². The van der Waals surface area contributed by atoms with Crippen LogP contribution in [-0.2, 0) is 14.4 Å². The van der Waals surface area contributed by atoms with E-state index in [2.05, 4.69) is 0 Å². The van der Waals surface area contributed by atoms with Gasteiger partial charge in [-0.15, -0.1) is 11.8 Å². The molecule has 0 aromatic heterocycles. The lowest BCUT2D eigenvalue weighted by atomic mass is 10.1. The molecule has 6 nitrogen and oxygen atoms in total. The molecule has 0 bridgehead atoms. The van der Waals surface area contributed by atoms with Gasteiger partial charge in [0.25, 0.3) is 0 Å². The van der Waals surface area contributed by atoms with Gasteiger partial charge in [0.15, 0.2) is 0 Å². The lowest BCUT2D eigenvalue weighted by Crippen LogP contribution is -2.49. The van der Waals surface area contributed by atoms with Crippen LogP contribution in [-0.4, -0.2) is 63.5 Å². The summed E-state index contributed by atoms with van der Waals surface area (Å²) in [6.07, 6.45) is -0.0710. The summed E-state index contributed by atoms with van der Waals surface area (Å²) in [7, 11) is 0. The quantitative estimate of drug-likeness (QED) is 0.787. The highest BCUT2D eigenvalue weighted by Gasteiger charge is 2.35. The second kappa shape index (κ2) is 7.52. The Morgan fingerprint density at radius 3 is 2.55 bits per heavy atom. The number of amides is 2. The third-order valence-corrected chi connectivity index (χ3v) is 4.08. The van der Waals surface area contributed by atoms with Crippen LogP contribution in [0.1, 0.15) is 27.2 Å². The molecule has 0 saturated carbocycles. The van der Waals surface area contributed by atoms with Crippen LogP contribution < -0.4 is 0 Å². The van der Waals surface area contributed by atoms with E-state index in [1.54, 1.807) is 21.6 Å². The molecular formula is C13H22N2O4S. The number of carboxylic acids is 1. The van der Waals surface area contributed by atoms with E-state index in [0.29, 0.717) is 18.2 Å². The fraction of sp³-hybridized carbons (Fsp3) is 0.769. The zero-order valence-electron chi connectivity index (χ0n) is 12.2. The third-order valence-electron chi connectivity index (χ3n) is 3.06. The number of carbonyl (C=O) groups is 3. The normalized spacial score (nSPS) is 18.4. The van der Waals surface area contributed by atoms with Gasteiger partial charge in [0.1, 0.15) is 6.04 Å². The molecule has 0 aromatic carbocycles. The second-order valence-corrected chi connectivity index (χ2v) is 6.33. The average Bonchev–Trinajstić information content (AvgIpc) is 2.82. The van der Waals surface area contributed by atoms with E-state index in [1.807, 2.05) is 13.8 Å². The predicted molar refractivity (Wildman–Crippen MR) is 77.3 cm³/mol. The summed E-state index contributed by atoms with van der Waals surface area (Å²) in [5, 5.41) is 8.78. The molecule has 2 amide bonds. The fourth-order valence-corrected chi connectivity index (χ4v) is 3.34. The molecule has 7 heteroatoms. The van der Waals surface area contributed by atoms with Gasteiger partial charge in [-0.1, -0.05) is 13.8 Å². The lowest BCUT2D eigenvalue weighted by molar-refractivity contribution is -0.144. The molecule has 1 N–H and O–H groups in total. The third kappa shape index (κ3) is 4.70. The molecule has 1 atom stereocenters. The van der Waals surface area contributed by atoms with Crippen molar-refractivity contribution in [1.82, 2.24) is 9.80 Å². The minimum absolute atomic E-state index is 0.0710. The fourth-order valence-electron chi connectivity index (χ4n) is 2.13. The van der Waals surface area contributed by atoms with Gasteiger partial charge in [-0.25, -0.2) is 0 Å². The summed E-state index contributed by atoms with van der Waals surface area (Å²) >= 11 is 1.55. The predicted octanol–water partition coefficient (Wildman–Crippen LogP) is 0.867. The van der Waals surface area contributed by atoms with Gasteiger partial charge in [0.05, 0.1) is 12.3 Å². The summed E-state index contributed by atoms with van der Waals surface area (Å²) in [5.41, 5.74) is 0. The molecule has 1 aliphatic rings. The smallest absolute Gasteiger partial charge is 0.305 e. The first-order valence-corrected chi connectivity index (χ1v) is 7.84. The van der Waals surface area contributed by atoms with Crippen LogP contribution in [0, 0.1) is 5.92 Å². The average molecular weight is 302 g/mol. The molecule has 1 fully saturated rings. The highest BCUT2D eigenvalue weighted by atomic mass is 32.2. The summed E-state index contributed by atoms with van der Waals surface area (Å²) in [6.45, 7) is 6.12. The first-order chi connectivity index (χ1) is 9.32. The molecule has 0 radical (unpaired) electrons. The van der Waals surface area contributed by atoms with Crippen molar-refractivity contribution in [3.63, 3.8) is 0 Å². The van der Waals surface area contributed by atoms with Crippen molar-refractivity contribution in [2.75, 3.05) is 24.7 Å². The van der Waals surface area contributed by atoms with Crippen molar-refractivity contribution in [3.05, 3.63) is 0 Å². The Morgan fingerprint density at radius 1 is 1.40 bits per heavy atom. The van der Waals surface area contributed by atoms with E-state index < -0.39 is 12.0 Å². The molecule has 20 heavy (non-hydrogen) atoms. The molecule has 1 saturated heterocycles. The molecule has 0 spiro atoms. The van der Waals surface area contributed by atoms with Crippen molar-refractivity contribution >= 4 is 29.5 Å². The summed E-state index contributed by atoms with van der Waals surface area (Å²) in [4.78, 5) is 37.9. The Kier molecular flexibility index (Phi) is 6.32. The van der Waals surface area contributed by atoms with E-state index in [1.165, 1.54) is 6.92 Å². The van der Waals surface area contributed by atoms with Crippen molar-refractivity contribution in [3.8, 4) is 0 Å². The number of nitrogens with zero attached hydrogens (tertiary/aromatic N) is 2. The molecule has 0 aliphatic carbocycles. The van der Waals surface area contributed by atoms with Crippen molar-refractivity contribution in [2.24, 2.45) is 5.92 Å². The van der Waals surface area contributed by atoms with Gasteiger partial charge in [0, 0.05) is 25.8 Å². The van der Waals surface area contributed by atoms with Crippen LogP contribution in [0.4, 0.5) is 0 Å². The maximum Gasteiger partial charge on any atom is 0.305 e. The van der Waals surface area contributed by atoms with Gasteiger partial charge in [0.2, 0.25) is 11.8 Å². The zero-order chi connectivity index (χ0) is 15.3. The first kappa shape index (κ1) is 16.8. The number of carbonyl (C=O) groups excluding carboxylic acids is 2. The van der Waals surface area contributed by atoms with Crippen LogP contribution in [0.3, 0.4) is 0 Å². The molecular weight excluding hydrogens is 280 g/mol. The molecule has 1 aliphatic heterocycles. The first-order valence-electron chi connectivity index (χ1n) is 6.68.